The molecule has 0 fully saturated rings. The molecule has 11 rings (SSSR count). The summed E-state index contributed by atoms with van der Waals surface area (Å²) in [5.74, 6) is 0. The minimum atomic E-state index is 0.968. The first-order chi connectivity index (χ1) is 23.3. The smallest absolute Gasteiger partial charge is 0.000683 e. The van der Waals surface area contributed by atoms with Gasteiger partial charge in [0.15, 0.2) is 0 Å². The van der Waals surface area contributed by atoms with Crippen LogP contribution in [0.4, 0.5) is 0 Å². The number of benzene rings is 10. The second-order valence-electron chi connectivity index (χ2n) is 13.2. The molecule has 216 valence electrons. The van der Waals surface area contributed by atoms with Gasteiger partial charge < -0.3 is 0 Å². The Morgan fingerprint density at radius 2 is 0.957 bits per heavy atom. The molecule has 1 aliphatic rings. The van der Waals surface area contributed by atoms with E-state index in [4.69, 9.17) is 0 Å². The lowest BCUT2D eigenvalue weighted by molar-refractivity contribution is 1.29. The minimum absolute atomic E-state index is 0.968. The molecule has 0 bridgehead atoms. The van der Waals surface area contributed by atoms with Crippen molar-refractivity contribution in [3.8, 4) is 33.4 Å². The highest BCUT2D eigenvalue weighted by molar-refractivity contribution is 6.26. The molecule has 0 amide bonds. The molecular weight excluding hydrogens is 565 g/mol. The molecule has 0 aromatic heterocycles. The van der Waals surface area contributed by atoms with E-state index in [1.54, 1.807) is 0 Å². The largest absolute Gasteiger partial charge is 0.0616 e. The molecule has 0 unspecified atom stereocenters. The summed E-state index contributed by atoms with van der Waals surface area (Å²) in [6, 6.07) is 59.2. The van der Waals surface area contributed by atoms with Crippen LogP contribution >= 0.6 is 0 Å². The monoisotopic (exact) mass is 592 g/mol. The lowest BCUT2D eigenvalue weighted by atomic mass is 9.86. The van der Waals surface area contributed by atoms with Gasteiger partial charge in [0.1, 0.15) is 0 Å². The molecule has 0 spiro atoms. The SMILES string of the molecule is c1ccc(-c2ccc3ccc4cccc5ccc2c3c45)c(-c2ccc3c4c(c5ccccc5c3c2)-c2cc3ccccc3cc2C4)c1. The van der Waals surface area contributed by atoms with Crippen LogP contribution < -0.4 is 0 Å². The molecular formula is C47H28. The maximum atomic E-state index is 2.45. The van der Waals surface area contributed by atoms with Gasteiger partial charge in [-0.2, -0.15) is 0 Å². The van der Waals surface area contributed by atoms with Gasteiger partial charge in [-0.15, -0.1) is 0 Å². The van der Waals surface area contributed by atoms with Crippen LogP contribution in [0.2, 0.25) is 0 Å². The molecule has 1 aliphatic carbocycles. The Morgan fingerprint density at radius 3 is 1.81 bits per heavy atom. The third-order valence-corrected chi connectivity index (χ3v) is 10.8. The van der Waals surface area contributed by atoms with E-state index < -0.39 is 0 Å². The van der Waals surface area contributed by atoms with E-state index in [2.05, 4.69) is 158 Å². The standard InChI is InChI=1S/C47H28/c1-2-9-32-25-42-34(24-31(32)8-1)27-44-39-22-20-33(26-43(39)37-14-5-6-15-40(37)47(42)44)35-12-3-4-13-36(35)38-21-18-30-17-16-28-10-7-11-29-19-23-41(38)46(30)45(28)29/h1-26H,27H2. The maximum Gasteiger partial charge on any atom is -0.000683 e. The van der Waals surface area contributed by atoms with Gasteiger partial charge in [-0.25, -0.2) is 0 Å². The van der Waals surface area contributed by atoms with Crippen LogP contribution in [0, 0.1) is 0 Å². The Balaban J connectivity index is 1.15. The topological polar surface area (TPSA) is 0 Å². The van der Waals surface area contributed by atoms with Gasteiger partial charge in [0.05, 0.1) is 0 Å². The molecule has 0 nitrogen and oxygen atoms in total. The van der Waals surface area contributed by atoms with Gasteiger partial charge in [0.2, 0.25) is 0 Å². The molecule has 0 heterocycles. The molecule has 0 heteroatoms. The number of hydrogen-bond donors (Lipinski definition) is 0. The van der Waals surface area contributed by atoms with Crippen molar-refractivity contribution in [1.29, 1.82) is 0 Å². The predicted octanol–water partition coefficient (Wildman–Crippen LogP) is 12.9. The van der Waals surface area contributed by atoms with Crippen LogP contribution in [0.1, 0.15) is 11.1 Å². The van der Waals surface area contributed by atoms with Crippen molar-refractivity contribution in [1.82, 2.24) is 0 Å². The molecule has 47 heavy (non-hydrogen) atoms. The Labute approximate surface area is 272 Å². The number of fused-ring (bicyclic) bond motifs is 9. The summed E-state index contributed by atoms with van der Waals surface area (Å²) < 4.78 is 0. The van der Waals surface area contributed by atoms with Crippen LogP contribution in [0.15, 0.2) is 158 Å². The zero-order valence-electron chi connectivity index (χ0n) is 25.7. The van der Waals surface area contributed by atoms with Gasteiger partial charge in [0, 0.05) is 0 Å². The molecule has 0 N–H and O–H groups in total. The molecule has 0 radical (unpaired) electrons. The fourth-order valence-electron chi connectivity index (χ4n) is 8.72. The molecule has 10 aromatic carbocycles. The highest BCUT2D eigenvalue weighted by Gasteiger charge is 2.25. The fraction of sp³-hybridized carbons (Fsp3) is 0.0213. The summed E-state index contributed by atoms with van der Waals surface area (Å²) in [5.41, 5.74) is 10.8. The number of rotatable bonds is 2. The van der Waals surface area contributed by atoms with Crippen molar-refractivity contribution in [2.45, 2.75) is 6.42 Å². The Kier molecular flexibility index (Phi) is 4.98. The normalized spacial score (nSPS) is 12.6. The van der Waals surface area contributed by atoms with E-state index >= 15 is 0 Å². The van der Waals surface area contributed by atoms with E-state index in [1.165, 1.54) is 109 Å². The van der Waals surface area contributed by atoms with Gasteiger partial charge in [0.25, 0.3) is 0 Å². The molecule has 0 atom stereocenters. The summed E-state index contributed by atoms with van der Waals surface area (Å²) in [6.07, 6.45) is 0.968. The highest BCUT2D eigenvalue weighted by Crippen LogP contribution is 2.48. The van der Waals surface area contributed by atoms with E-state index in [1.807, 2.05) is 0 Å². The zero-order valence-corrected chi connectivity index (χ0v) is 25.7. The number of hydrogen-bond acceptors (Lipinski definition) is 0. The first-order valence-corrected chi connectivity index (χ1v) is 16.6. The predicted molar refractivity (Wildman–Crippen MR) is 202 cm³/mol. The lowest BCUT2D eigenvalue weighted by Crippen LogP contribution is -1.91. The highest BCUT2D eigenvalue weighted by atomic mass is 14.3. The third kappa shape index (κ3) is 3.48. The molecule has 10 aromatic rings. The van der Waals surface area contributed by atoms with Gasteiger partial charge in [-0.3, -0.25) is 0 Å². The van der Waals surface area contributed by atoms with E-state index in [-0.39, 0.29) is 0 Å². The second kappa shape index (κ2) is 9.28. The van der Waals surface area contributed by atoms with Gasteiger partial charge >= 0.3 is 0 Å². The van der Waals surface area contributed by atoms with Crippen LogP contribution in [0.25, 0.3) is 98.0 Å². The van der Waals surface area contributed by atoms with Gasteiger partial charge in [-0.1, -0.05) is 146 Å². The zero-order chi connectivity index (χ0) is 30.6. The average molecular weight is 593 g/mol. The van der Waals surface area contributed by atoms with Crippen molar-refractivity contribution in [3.63, 3.8) is 0 Å². The van der Waals surface area contributed by atoms with Crippen LogP contribution in [-0.2, 0) is 6.42 Å². The Bertz CT molecular complexity index is 2910. The summed E-state index contributed by atoms with van der Waals surface area (Å²) in [6.45, 7) is 0. The Hall–Kier alpha value is -5.98. The van der Waals surface area contributed by atoms with Gasteiger partial charge in [-0.05, 0) is 128 Å². The van der Waals surface area contributed by atoms with Crippen molar-refractivity contribution < 1.29 is 0 Å². The Morgan fingerprint density at radius 1 is 0.319 bits per heavy atom. The van der Waals surface area contributed by atoms with E-state index in [0.717, 1.165) is 6.42 Å². The fourth-order valence-corrected chi connectivity index (χ4v) is 8.72. The van der Waals surface area contributed by atoms with Crippen LogP contribution in [0.3, 0.4) is 0 Å². The van der Waals surface area contributed by atoms with Crippen molar-refractivity contribution >= 4 is 64.6 Å². The lowest BCUT2D eigenvalue weighted by Gasteiger charge is -2.17. The summed E-state index contributed by atoms with van der Waals surface area (Å²) >= 11 is 0. The van der Waals surface area contributed by atoms with E-state index in [0.29, 0.717) is 0 Å². The average Bonchev–Trinajstić information content (AvgIpc) is 3.51. The maximum absolute atomic E-state index is 2.45. The summed E-state index contributed by atoms with van der Waals surface area (Å²) in [7, 11) is 0. The van der Waals surface area contributed by atoms with Crippen LogP contribution in [0.5, 0.6) is 0 Å². The second-order valence-corrected chi connectivity index (χ2v) is 13.2. The van der Waals surface area contributed by atoms with Crippen molar-refractivity contribution in [2.75, 3.05) is 0 Å². The minimum Gasteiger partial charge on any atom is -0.0616 e. The summed E-state index contributed by atoms with van der Waals surface area (Å²) in [5, 5.41) is 15.9. The van der Waals surface area contributed by atoms with Crippen molar-refractivity contribution in [3.05, 3.63) is 169 Å². The molecule has 0 aliphatic heterocycles. The van der Waals surface area contributed by atoms with Crippen LogP contribution in [-0.4, -0.2) is 0 Å². The summed E-state index contributed by atoms with van der Waals surface area (Å²) in [4.78, 5) is 0. The first-order valence-electron chi connectivity index (χ1n) is 16.6. The molecule has 0 saturated carbocycles. The van der Waals surface area contributed by atoms with Crippen molar-refractivity contribution in [2.24, 2.45) is 0 Å². The third-order valence-electron chi connectivity index (χ3n) is 10.8. The quantitative estimate of drug-likeness (QED) is 0.175. The first kappa shape index (κ1) is 25.2. The molecule has 0 saturated heterocycles. The van der Waals surface area contributed by atoms with E-state index in [9.17, 15) is 0 Å².